The van der Waals surface area contributed by atoms with E-state index >= 15 is 0 Å². The van der Waals surface area contributed by atoms with Crippen LogP contribution >= 0.6 is 0 Å². The van der Waals surface area contributed by atoms with Crippen LogP contribution in [0, 0.1) is 22.7 Å². The van der Waals surface area contributed by atoms with Crippen LogP contribution < -0.4 is 5.32 Å². The van der Waals surface area contributed by atoms with Gasteiger partial charge in [0.2, 0.25) is 0 Å². The number of nitrogens with one attached hydrogen (secondary N) is 1. The Morgan fingerprint density at radius 2 is 1.26 bits per heavy atom. The SMILES string of the molecule is N#CC(C#N)=C1c2ccccc2Nc2ccccc21. The fourth-order valence-electron chi connectivity index (χ4n) is 2.32. The van der Waals surface area contributed by atoms with Gasteiger partial charge in [-0.1, -0.05) is 36.4 Å². The summed E-state index contributed by atoms with van der Waals surface area (Å²) < 4.78 is 0. The summed E-state index contributed by atoms with van der Waals surface area (Å²) in [6.07, 6.45) is 0. The Labute approximate surface area is 111 Å². The number of rotatable bonds is 0. The molecule has 0 fully saturated rings. The molecule has 1 aliphatic heterocycles. The Balaban J connectivity index is 2.40. The number of nitrogens with zero attached hydrogens (tertiary/aromatic N) is 2. The van der Waals surface area contributed by atoms with Crippen LogP contribution in [0.3, 0.4) is 0 Å². The Hall–Kier alpha value is -3.04. The minimum atomic E-state index is 0.140. The monoisotopic (exact) mass is 243 g/mol. The normalized spacial score (nSPS) is 11.4. The van der Waals surface area contributed by atoms with E-state index < -0.39 is 0 Å². The molecule has 0 amide bonds. The van der Waals surface area contributed by atoms with Crippen LogP contribution in [-0.4, -0.2) is 0 Å². The molecular weight excluding hydrogens is 234 g/mol. The van der Waals surface area contributed by atoms with E-state index in [9.17, 15) is 10.5 Å². The van der Waals surface area contributed by atoms with Crippen molar-refractivity contribution in [3.63, 3.8) is 0 Å². The van der Waals surface area contributed by atoms with Crippen LogP contribution in [-0.2, 0) is 0 Å². The molecule has 2 aromatic carbocycles. The van der Waals surface area contributed by atoms with Gasteiger partial charge < -0.3 is 5.32 Å². The van der Waals surface area contributed by atoms with Crippen molar-refractivity contribution in [1.82, 2.24) is 0 Å². The molecule has 0 spiro atoms. The Morgan fingerprint density at radius 3 is 1.74 bits per heavy atom. The van der Waals surface area contributed by atoms with Gasteiger partial charge >= 0.3 is 0 Å². The summed E-state index contributed by atoms with van der Waals surface area (Å²) in [7, 11) is 0. The van der Waals surface area contributed by atoms with Crippen molar-refractivity contribution >= 4 is 16.9 Å². The van der Waals surface area contributed by atoms with Crippen LogP contribution in [0.1, 0.15) is 11.1 Å². The summed E-state index contributed by atoms with van der Waals surface area (Å²) in [6.45, 7) is 0. The highest BCUT2D eigenvalue weighted by atomic mass is 14.9. The maximum absolute atomic E-state index is 9.18. The van der Waals surface area contributed by atoms with Crippen LogP contribution in [0.4, 0.5) is 11.4 Å². The van der Waals surface area contributed by atoms with E-state index in [0.29, 0.717) is 5.57 Å². The lowest BCUT2D eigenvalue weighted by Crippen LogP contribution is -2.07. The number of benzene rings is 2. The quantitative estimate of drug-likeness (QED) is 0.614. The third kappa shape index (κ3) is 1.66. The molecule has 0 radical (unpaired) electrons. The van der Waals surface area contributed by atoms with Crippen LogP contribution in [0.5, 0.6) is 0 Å². The average Bonchev–Trinajstić information content (AvgIpc) is 2.47. The summed E-state index contributed by atoms with van der Waals surface area (Å²) in [4.78, 5) is 0. The lowest BCUT2D eigenvalue weighted by molar-refractivity contribution is 1.40. The molecule has 0 saturated heterocycles. The zero-order valence-electron chi connectivity index (χ0n) is 10.0. The molecule has 0 saturated carbocycles. The Bertz CT molecular complexity index is 710. The van der Waals surface area contributed by atoms with Gasteiger partial charge in [-0.15, -0.1) is 0 Å². The summed E-state index contributed by atoms with van der Waals surface area (Å²) >= 11 is 0. The fraction of sp³-hybridized carbons (Fsp3) is 0. The zero-order valence-corrected chi connectivity index (χ0v) is 10.0. The van der Waals surface area contributed by atoms with Gasteiger partial charge in [-0.25, -0.2) is 0 Å². The maximum atomic E-state index is 9.18. The second-order valence-corrected chi connectivity index (χ2v) is 4.19. The molecule has 1 N–H and O–H groups in total. The molecule has 1 aliphatic rings. The predicted octanol–water partition coefficient (Wildman–Crippen LogP) is 3.59. The smallest absolute Gasteiger partial charge is 0.138 e. The van der Waals surface area contributed by atoms with Crippen LogP contribution in [0.2, 0.25) is 0 Å². The van der Waals surface area contributed by atoms with Crippen molar-refractivity contribution in [3.8, 4) is 12.1 Å². The topological polar surface area (TPSA) is 59.6 Å². The van der Waals surface area contributed by atoms with Gasteiger partial charge in [-0.3, -0.25) is 0 Å². The van der Waals surface area contributed by atoms with E-state index in [1.807, 2.05) is 60.7 Å². The third-order valence-corrected chi connectivity index (χ3v) is 3.14. The summed E-state index contributed by atoms with van der Waals surface area (Å²) in [5, 5.41) is 21.7. The molecule has 3 nitrogen and oxygen atoms in total. The standard InChI is InChI=1S/C16H9N3/c17-9-11(10-18)16-12-5-1-3-7-14(12)19-15-8-4-2-6-13(15)16/h1-8,19H. The van der Waals surface area contributed by atoms with Gasteiger partial charge in [0.25, 0.3) is 0 Å². The second-order valence-electron chi connectivity index (χ2n) is 4.19. The molecule has 1 heterocycles. The summed E-state index contributed by atoms with van der Waals surface area (Å²) in [5.74, 6) is 0. The molecule has 3 rings (SSSR count). The molecule has 19 heavy (non-hydrogen) atoms. The van der Waals surface area contributed by atoms with E-state index in [1.165, 1.54) is 0 Å². The second kappa shape index (κ2) is 4.33. The van der Waals surface area contributed by atoms with Gasteiger partial charge in [-0.2, -0.15) is 10.5 Å². The first-order valence-electron chi connectivity index (χ1n) is 5.85. The number of fused-ring (bicyclic) bond motifs is 2. The minimum Gasteiger partial charge on any atom is -0.355 e. The molecular formula is C16H9N3. The first-order valence-corrected chi connectivity index (χ1v) is 5.85. The first-order chi connectivity index (χ1) is 9.35. The number of hydrogen-bond acceptors (Lipinski definition) is 3. The molecule has 2 aromatic rings. The van der Waals surface area contributed by atoms with Gasteiger partial charge in [0, 0.05) is 28.1 Å². The zero-order chi connectivity index (χ0) is 13.2. The number of nitriles is 2. The first kappa shape index (κ1) is 11.1. The number of anilines is 2. The van der Waals surface area contributed by atoms with Crippen molar-refractivity contribution in [2.24, 2.45) is 0 Å². The minimum absolute atomic E-state index is 0.140. The van der Waals surface area contributed by atoms with Gasteiger partial charge in [-0.05, 0) is 12.1 Å². The summed E-state index contributed by atoms with van der Waals surface area (Å²) in [5.41, 5.74) is 4.45. The number of allylic oxidation sites excluding steroid dienone is 1. The molecule has 0 unspecified atom stereocenters. The van der Waals surface area contributed by atoms with Crippen molar-refractivity contribution in [1.29, 1.82) is 10.5 Å². The third-order valence-electron chi connectivity index (χ3n) is 3.14. The van der Waals surface area contributed by atoms with E-state index in [-0.39, 0.29) is 5.57 Å². The molecule has 88 valence electrons. The van der Waals surface area contributed by atoms with Crippen LogP contribution in [0.15, 0.2) is 54.1 Å². The average molecular weight is 243 g/mol. The highest BCUT2D eigenvalue weighted by Crippen LogP contribution is 2.41. The van der Waals surface area contributed by atoms with Crippen molar-refractivity contribution in [3.05, 3.63) is 65.2 Å². The maximum Gasteiger partial charge on any atom is 0.138 e. The van der Waals surface area contributed by atoms with E-state index in [1.54, 1.807) is 0 Å². The van der Waals surface area contributed by atoms with Crippen molar-refractivity contribution in [2.45, 2.75) is 0 Å². The summed E-state index contributed by atoms with van der Waals surface area (Å²) in [6, 6.07) is 19.4. The van der Waals surface area contributed by atoms with Crippen LogP contribution in [0.25, 0.3) is 5.57 Å². The van der Waals surface area contributed by atoms with Gasteiger partial charge in [0.15, 0.2) is 0 Å². The Morgan fingerprint density at radius 1 is 0.789 bits per heavy atom. The predicted molar refractivity (Wildman–Crippen MR) is 73.4 cm³/mol. The fourth-order valence-corrected chi connectivity index (χ4v) is 2.32. The largest absolute Gasteiger partial charge is 0.355 e. The van der Waals surface area contributed by atoms with E-state index in [4.69, 9.17) is 0 Å². The molecule has 0 bridgehead atoms. The van der Waals surface area contributed by atoms with E-state index in [0.717, 1.165) is 22.5 Å². The van der Waals surface area contributed by atoms with Gasteiger partial charge in [0.1, 0.15) is 17.7 Å². The Kier molecular flexibility index (Phi) is 2.52. The lowest BCUT2D eigenvalue weighted by Gasteiger charge is -2.23. The molecule has 0 aromatic heterocycles. The lowest BCUT2D eigenvalue weighted by atomic mass is 9.88. The molecule has 3 heteroatoms. The number of hydrogen-bond donors (Lipinski definition) is 1. The number of para-hydroxylation sites is 2. The van der Waals surface area contributed by atoms with E-state index in [2.05, 4.69) is 5.32 Å². The van der Waals surface area contributed by atoms with Gasteiger partial charge in [0.05, 0.1) is 0 Å². The highest BCUT2D eigenvalue weighted by Gasteiger charge is 2.22. The van der Waals surface area contributed by atoms with Crippen molar-refractivity contribution in [2.75, 3.05) is 5.32 Å². The molecule has 0 atom stereocenters. The molecule has 0 aliphatic carbocycles. The highest BCUT2D eigenvalue weighted by molar-refractivity contribution is 5.99. The van der Waals surface area contributed by atoms with Crippen molar-refractivity contribution < 1.29 is 0 Å².